The summed E-state index contributed by atoms with van der Waals surface area (Å²) < 4.78 is 52.3. The Morgan fingerprint density at radius 2 is 1.57 bits per heavy atom. The van der Waals surface area contributed by atoms with Gasteiger partial charge in [0.2, 0.25) is 0 Å². The summed E-state index contributed by atoms with van der Waals surface area (Å²) in [5.41, 5.74) is -1.40. The van der Waals surface area contributed by atoms with E-state index < -0.39 is 30.1 Å². The van der Waals surface area contributed by atoms with Crippen molar-refractivity contribution in [3.8, 4) is 0 Å². The molecule has 0 bridgehead atoms. The van der Waals surface area contributed by atoms with Gasteiger partial charge in [0.1, 0.15) is 0 Å². The molecule has 2 aromatic rings. The Labute approximate surface area is 137 Å². The minimum atomic E-state index is -4.41. The standard InChI is InChI=1S/C16H18BF3O2S/c1-9-6-10-7-11(8-12(13(10)23-9)16(18,19)20)17-21-14(2,3)15(4,5)22-17/h6-8H,1-5H3. The maximum absolute atomic E-state index is 13.4. The van der Waals surface area contributed by atoms with Crippen molar-refractivity contribution in [3.63, 3.8) is 0 Å². The van der Waals surface area contributed by atoms with Crippen molar-refractivity contribution in [3.05, 3.63) is 28.6 Å². The van der Waals surface area contributed by atoms with E-state index in [2.05, 4.69) is 0 Å². The minimum Gasteiger partial charge on any atom is -0.399 e. The van der Waals surface area contributed by atoms with Gasteiger partial charge in [-0.3, -0.25) is 0 Å². The highest BCUT2D eigenvalue weighted by Crippen LogP contribution is 2.40. The van der Waals surface area contributed by atoms with E-state index in [1.807, 2.05) is 27.7 Å². The second-order valence-corrected chi connectivity index (χ2v) is 8.19. The third kappa shape index (κ3) is 2.79. The first-order chi connectivity index (χ1) is 10.4. The molecule has 1 aliphatic rings. The molecule has 1 fully saturated rings. The lowest BCUT2D eigenvalue weighted by molar-refractivity contribution is -0.136. The van der Waals surface area contributed by atoms with E-state index in [-0.39, 0.29) is 4.70 Å². The highest BCUT2D eigenvalue weighted by atomic mass is 32.1. The quantitative estimate of drug-likeness (QED) is 0.709. The van der Waals surface area contributed by atoms with Gasteiger partial charge in [0.05, 0.1) is 16.8 Å². The van der Waals surface area contributed by atoms with Gasteiger partial charge < -0.3 is 9.31 Å². The maximum Gasteiger partial charge on any atom is 0.494 e. The van der Waals surface area contributed by atoms with Gasteiger partial charge in [-0.25, -0.2) is 0 Å². The van der Waals surface area contributed by atoms with Crippen LogP contribution in [0.15, 0.2) is 18.2 Å². The third-order valence-electron chi connectivity index (χ3n) is 4.59. The van der Waals surface area contributed by atoms with Gasteiger partial charge in [0, 0.05) is 9.58 Å². The lowest BCUT2D eigenvalue weighted by Crippen LogP contribution is -2.41. The van der Waals surface area contributed by atoms with Crippen LogP contribution in [0.5, 0.6) is 0 Å². The number of halogens is 3. The van der Waals surface area contributed by atoms with Crippen LogP contribution < -0.4 is 5.46 Å². The zero-order valence-corrected chi connectivity index (χ0v) is 14.5. The van der Waals surface area contributed by atoms with Gasteiger partial charge >= 0.3 is 13.3 Å². The molecule has 124 valence electrons. The molecule has 0 radical (unpaired) electrons. The summed E-state index contributed by atoms with van der Waals surface area (Å²) in [5.74, 6) is 0. The monoisotopic (exact) mass is 342 g/mol. The van der Waals surface area contributed by atoms with E-state index in [9.17, 15) is 13.2 Å². The van der Waals surface area contributed by atoms with Crippen molar-refractivity contribution in [2.24, 2.45) is 0 Å². The van der Waals surface area contributed by atoms with E-state index in [1.54, 1.807) is 19.1 Å². The molecule has 1 aromatic carbocycles. The lowest BCUT2D eigenvalue weighted by Gasteiger charge is -2.32. The fourth-order valence-electron chi connectivity index (χ4n) is 2.63. The van der Waals surface area contributed by atoms with Crippen LogP contribution in [0.3, 0.4) is 0 Å². The first-order valence-electron chi connectivity index (χ1n) is 7.38. The number of hydrogen-bond donors (Lipinski definition) is 0. The molecule has 2 heterocycles. The minimum absolute atomic E-state index is 0.260. The molecule has 1 aromatic heterocycles. The van der Waals surface area contributed by atoms with Crippen molar-refractivity contribution in [2.45, 2.75) is 52.0 Å². The summed E-state index contributed by atoms with van der Waals surface area (Å²) in [5, 5.41) is 0.576. The first-order valence-corrected chi connectivity index (χ1v) is 8.19. The van der Waals surface area contributed by atoms with E-state index in [1.165, 1.54) is 0 Å². The molecule has 0 atom stereocenters. The van der Waals surface area contributed by atoms with Crippen LogP contribution in [-0.2, 0) is 15.5 Å². The van der Waals surface area contributed by atoms with Gasteiger partial charge in [-0.05, 0) is 57.6 Å². The number of aryl methyl sites for hydroxylation is 1. The smallest absolute Gasteiger partial charge is 0.399 e. The van der Waals surface area contributed by atoms with Gasteiger partial charge in [-0.15, -0.1) is 11.3 Å². The lowest BCUT2D eigenvalue weighted by atomic mass is 9.77. The summed E-state index contributed by atoms with van der Waals surface area (Å²) >= 11 is 1.15. The number of fused-ring (bicyclic) bond motifs is 1. The Morgan fingerprint density at radius 3 is 2.09 bits per heavy atom. The Hall–Kier alpha value is -1.05. The van der Waals surface area contributed by atoms with E-state index in [0.717, 1.165) is 22.3 Å². The summed E-state index contributed by atoms with van der Waals surface area (Å²) in [6, 6.07) is 4.65. The fourth-order valence-corrected chi connectivity index (χ4v) is 3.66. The molecular weight excluding hydrogens is 324 g/mol. The number of rotatable bonds is 1. The molecule has 3 rings (SSSR count). The Kier molecular flexibility index (Phi) is 3.63. The SMILES string of the molecule is Cc1cc2cc(B3OC(C)(C)C(C)(C)O3)cc(C(F)(F)F)c2s1. The van der Waals surface area contributed by atoms with Crippen LogP contribution in [0, 0.1) is 6.92 Å². The highest BCUT2D eigenvalue weighted by molar-refractivity contribution is 7.19. The largest absolute Gasteiger partial charge is 0.494 e. The van der Waals surface area contributed by atoms with Gasteiger partial charge in [0.15, 0.2) is 0 Å². The predicted octanol–water partition coefficient (Wildman–Crippen LogP) is 4.53. The zero-order valence-electron chi connectivity index (χ0n) is 13.7. The topological polar surface area (TPSA) is 18.5 Å². The molecule has 0 unspecified atom stereocenters. The van der Waals surface area contributed by atoms with Gasteiger partial charge in [0.25, 0.3) is 0 Å². The molecule has 1 aliphatic heterocycles. The molecule has 0 saturated carbocycles. The van der Waals surface area contributed by atoms with Crippen LogP contribution in [0.2, 0.25) is 0 Å². The average Bonchev–Trinajstić information content (AvgIpc) is 2.83. The molecule has 0 spiro atoms. The van der Waals surface area contributed by atoms with Crippen molar-refractivity contribution < 1.29 is 22.5 Å². The third-order valence-corrected chi connectivity index (χ3v) is 5.69. The second kappa shape index (κ2) is 4.97. The highest BCUT2D eigenvalue weighted by Gasteiger charge is 2.52. The van der Waals surface area contributed by atoms with Crippen molar-refractivity contribution >= 4 is 34.0 Å². The van der Waals surface area contributed by atoms with Crippen molar-refractivity contribution in [1.29, 1.82) is 0 Å². The van der Waals surface area contributed by atoms with Crippen LogP contribution in [0.4, 0.5) is 13.2 Å². The Morgan fingerprint density at radius 1 is 1.00 bits per heavy atom. The number of alkyl halides is 3. The summed E-state index contributed by atoms with van der Waals surface area (Å²) in [7, 11) is -0.800. The fraction of sp³-hybridized carbons (Fsp3) is 0.500. The molecule has 7 heteroatoms. The summed E-state index contributed by atoms with van der Waals surface area (Å²) in [4.78, 5) is 0.844. The Bertz CT molecular complexity index is 749. The van der Waals surface area contributed by atoms with E-state index in [4.69, 9.17) is 9.31 Å². The predicted molar refractivity (Wildman–Crippen MR) is 87.3 cm³/mol. The maximum atomic E-state index is 13.4. The van der Waals surface area contributed by atoms with Crippen molar-refractivity contribution in [2.75, 3.05) is 0 Å². The average molecular weight is 342 g/mol. The number of hydrogen-bond acceptors (Lipinski definition) is 3. The summed E-state index contributed by atoms with van der Waals surface area (Å²) in [6.07, 6.45) is -4.41. The van der Waals surface area contributed by atoms with Crippen LogP contribution in [0.1, 0.15) is 38.1 Å². The molecule has 0 amide bonds. The van der Waals surface area contributed by atoms with Gasteiger partial charge in [-0.1, -0.05) is 6.07 Å². The van der Waals surface area contributed by atoms with Crippen LogP contribution >= 0.6 is 11.3 Å². The second-order valence-electron chi connectivity index (χ2n) is 6.93. The molecule has 0 aliphatic carbocycles. The Balaban J connectivity index is 2.13. The summed E-state index contributed by atoms with van der Waals surface area (Å²) in [6.45, 7) is 9.32. The van der Waals surface area contributed by atoms with Crippen molar-refractivity contribution in [1.82, 2.24) is 0 Å². The molecular formula is C16H18BF3O2S. The van der Waals surface area contributed by atoms with Crippen LogP contribution in [0.25, 0.3) is 10.1 Å². The molecule has 0 N–H and O–H groups in total. The number of benzene rings is 1. The zero-order chi connectivity index (χ0) is 17.2. The molecule has 2 nitrogen and oxygen atoms in total. The first kappa shape index (κ1) is 16.8. The van der Waals surface area contributed by atoms with Gasteiger partial charge in [-0.2, -0.15) is 13.2 Å². The van der Waals surface area contributed by atoms with E-state index >= 15 is 0 Å². The normalized spacial score (nSPS) is 20.4. The van der Waals surface area contributed by atoms with E-state index in [0.29, 0.717) is 10.8 Å². The molecule has 1 saturated heterocycles. The number of thiophene rings is 1. The van der Waals surface area contributed by atoms with Crippen LogP contribution in [-0.4, -0.2) is 18.3 Å². The molecule has 23 heavy (non-hydrogen) atoms.